The molecule has 0 bridgehead atoms. The third-order valence-electron chi connectivity index (χ3n) is 6.88. The summed E-state index contributed by atoms with van der Waals surface area (Å²) in [7, 11) is 1.62. The summed E-state index contributed by atoms with van der Waals surface area (Å²) < 4.78 is 19.2. The van der Waals surface area contributed by atoms with E-state index in [1.54, 1.807) is 13.2 Å². The zero-order chi connectivity index (χ0) is 17.6. The second-order valence-electron chi connectivity index (χ2n) is 8.47. The topological polar surface area (TPSA) is 9.23 Å². The van der Waals surface area contributed by atoms with Crippen molar-refractivity contribution < 1.29 is 9.13 Å². The molecule has 0 saturated heterocycles. The van der Waals surface area contributed by atoms with Gasteiger partial charge in [-0.15, -0.1) is 0 Å². The average Bonchev–Trinajstić information content (AvgIpc) is 2.65. The van der Waals surface area contributed by atoms with Crippen molar-refractivity contribution in [2.24, 2.45) is 17.8 Å². The van der Waals surface area contributed by atoms with E-state index in [4.69, 9.17) is 4.74 Å². The van der Waals surface area contributed by atoms with Crippen LogP contribution in [0.25, 0.3) is 0 Å². The molecule has 3 rings (SSSR count). The maximum atomic E-state index is 14.2. The first-order valence-corrected chi connectivity index (χ1v) is 10.5. The quantitative estimate of drug-likeness (QED) is 0.547. The van der Waals surface area contributed by atoms with E-state index >= 15 is 0 Å². The van der Waals surface area contributed by atoms with Gasteiger partial charge in [0.1, 0.15) is 5.82 Å². The third-order valence-corrected chi connectivity index (χ3v) is 6.88. The van der Waals surface area contributed by atoms with Gasteiger partial charge in [0, 0.05) is 12.7 Å². The van der Waals surface area contributed by atoms with Gasteiger partial charge < -0.3 is 4.74 Å². The van der Waals surface area contributed by atoms with Gasteiger partial charge in [0.2, 0.25) is 0 Å². The molecule has 2 aliphatic rings. The number of hydrogen-bond donors (Lipinski definition) is 0. The van der Waals surface area contributed by atoms with Gasteiger partial charge in [0.05, 0.1) is 6.61 Å². The summed E-state index contributed by atoms with van der Waals surface area (Å²) in [4.78, 5) is 0. The zero-order valence-corrected chi connectivity index (χ0v) is 16.1. The van der Waals surface area contributed by atoms with E-state index < -0.39 is 0 Å². The Balaban J connectivity index is 1.50. The molecule has 0 aromatic heterocycles. The number of rotatable bonds is 6. The summed E-state index contributed by atoms with van der Waals surface area (Å²) in [5.41, 5.74) is 1.87. The SMILES string of the molecule is CCCC1CCC(C2CCC(c3ccc(COC)c(F)c3)CC2)CC1. The molecule has 0 aliphatic heterocycles. The summed E-state index contributed by atoms with van der Waals surface area (Å²) in [6, 6.07) is 5.79. The fourth-order valence-electron chi connectivity index (χ4n) is 5.37. The van der Waals surface area contributed by atoms with Crippen molar-refractivity contribution in [1.29, 1.82) is 0 Å². The second-order valence-corrected chi connectivity index (χ2v) is 8.47. The Morgan fingerprint density at radius 3 is 2.16 bits per heavy atom. The van der Waals surface area contributed by atoms with E-state index in [2.05, 4.69) is 13.0 Å². The molecule has 0 N–H and O–H groups in total. The molecule has 2 heteroatoms. The molecule has 1 aromatic carbocycles. The molecule has 2 fully saturated rings. The Labute approximate surface area is 153 Å². The summed E-state index contributed by atoms with van der Waals surface area (Å²) in [6.07, 6.45) is 13.8. The monoisotopic (exact) mass is 346 g/mol. The second kappa shape index (κ2) is 9.16. The van der Waals surface area contributed by atoms with Gasteiger partial charge in [-0.1, -0.05) is 44.7 Å². The van der Waals surface area contributed by atoms with Crippen LogP contribution in [0.2, 0.25) is 0 Å². The van der Waals surface area contributed by atoms with Crippen LogP contribution in [0.4, 0.5) is 4.39 Å². The highest BCUT2D eigenvalue weighted by Gasteiger charge is 2.31. The Morgan fingerprint density at radius 2 is 1.60 bits per heavy atom. The molecule has 25 heavy (non-hydrogen) atoms. The Kier molecular flexibility index (Phi) is 6.92. The van der Waals surface area contributed by atoms with Crippen LogP contribution in [-0.2, 0) is 11.3 Å². The van der Waals surface area contributed by atoms with Crippen molar-refractivity contribution in [1.82, 2.24) is 0 Å². The summed E-state index contributed by atoms with van der Waals surface area (Å²) in [5, 5.41) is 0. The van der Waals surface area contributed by atoms with Gasteiger partial charge >= 0.3 is 0 Å². The smallest absolute Gasteiger partial charge is 0.129 e. The van der Waals surface area contributed by atoms with Crippen LogP contribution in [0.3, 0.4) is 0 Å². The first-order valence-electron chi connectivity index (χ1n) is 10.5. The first kappa shape index (κ1) is 18.9. The minimum absolute atomic E-state index is 0.101. The lowest BCUT2D eigenvalue weighted by Crippen LogP contribution is -2.25. The number of ether oxygens (including phenoxy) is 1. The standard InChI is InChI=1S/C23H35FO/c1-3-4-17-5-7-18(8-6-17)19-9-11-20(12-10-19)21-13-14-22(16-25-2)23(24)15-21/h13-15,17-20H,3-12,16H2,1-2H3. The van der Waals surface area contributed by atoms with Crippen LogP contribution in [0, 0.1) is 23.6 Å². The summed E-state index contributed by atoms with van der Waals surface area (Å²) >= 11 is 0. The molecule has 1 nitrogen and oxygen atoms in total. The molecule has 0 unspecified atom stereocenters. The van der Waals surface area contributed by atoms with Crippen LogP contribution in [0.15, 0.2) is 18.2 Å². The van der Waals surface area contributed by atoms with E-state index in [-0.39, 0.29) is 5.82 Å². The summed E-state index contributed by atoms with van der Waals surface area (Å²) in [6.45, 7) is 2.68. The highest BCUT2D eigenvalue weighted by atomic mass is 19.1. The van der Waals surface area contributed by atoms with Crippen LogP contribution >= 0.6 is 0 Å². The maximum absolute atomic E-state index is 14.2. The van der Waals surface area contributed by atoms with Gasteiger partial charge in [-0.05, 0) is 73.8 Å². The first-order chi connectivity index (χ1) is 12.2. The molecule has 0 spiro atoms. The van der Waals surface area contributed by atoms with Crippen LogP contribution < -0.4 is 0 Å². The molecular weight excluding hydrogens is 311 g/mol. The fourth-order valence-corrected chi connectivity index (χ4v) is 5.37. The number of halogens is 1. The molecule has 0 radical (unpaired) electrons. The molecule has 2 aliphatic carbocycles. The van der Waals surface area contributed by atoms with Crippen LogP contribution in [-0.4, -0.2) is 7.11 Å². The van der Waals surface area contributed by atoms with Gasteiger partial charge in [-0.25, -0.2) is 4.39 Å². The molecular formula is C23H35FO. The molecule has 1 aromatic rings. The number of benzene rings is 1. The van der Waals surface area contributed by atoms with Crippen molar-refractivity contribution in [3.8, 4) is 0 Å². The number of methoxy groups -OCH3 is 1. The van der Waals surface area contributed by atoms with Crippen molar-refractivity contribution in [2.45, 2.75) is 83.7 Å². The van der Waals surface area contributed by atoms with Crippen molar-refractivity contribution in [3.63, 3.8) is 0 Å². The minimum Gasteiger partial charge on any atom is -0.380 e. The maximum Gasteiger partial charge on any atom is 0.129 e. The van der Waals surface area contributed by atoms with Crippen LogP contribution in [0.1, 0.15) is 88.2 Å². The van der Waals surface area contributed by atoms with Gasteiger partial charge in [0.25, 0.3) is 0 Å². The van der Waals surface area contributed by atoms with Gasteiger partial charge in [-0.3, -0.25) is 0 Å². The van der Waals surface area contributed by atoms with E-state index in [0.717, 1.165) is 17.8 Å². The third kappa shape index (κ3) is 4.84. The summed E-state index contributed by atoms with van der Waals surface area (Å²) in [5.74, 6) is 3.35. The average molecular weight is 347 g/mol. The molecule has 0 atom stereocenters. The predicted molar refractivity (Wildman–Crippen MR) is 102 cm³/mol. The minimum atomic E-state index is -0.101. The highest BCUT2D eigenvalue weighted by molar-refractivity contribution is 5.27. The van der Waals surface area contributed by atoms with Crippen molar-refractivity contribution >= 4 is 0 Å². The Bertz CT molecular complexity index is 525. The van der Waals surface area contributed by atoms with Crippen molar-refractivity contribution in [3.05, 3.63) is 35.1 Å². The zero-order valence-electron chi connectivity index (χ0n) is 16.1. The molecule has 0 amide bonds. The van der Waals surface area contributed by atoms with Gasteiger partial charge in [-0.2, -0.15) is 0 Å². The molecule has 0 heterocycles. The van der Waals surface area contributed by atoms with E-state index in [1.165, 1.54) is 69.8 Å². The van der Waals surface area contributed by atoms with E-state index in [0.29, 0.717) is 18.1 Å². The fraction of sp³-hybridized carbons (Fsp3) is 0.739. The lowest BCUT2D eigenvalue weighted by molar-refractivity contribution is 0.156. The normalized spacial score (nSPS) is 30.4. The predicted octanol–water partition coefficient (Wildman–Crippen LogP) is 6.85. The molecule has 2 saturated carbocycles. The highest BCUT2D eigenvalue weighted by Crippen LogP contribution is 2.44. The van der Waals surface area contributed by atoms with Crippen molar-refractivity contribution in [2.75, 3.05) is 7.11 Å². The lowest BCUT2D eigenvalue weighted by Gasteiger charge is -2.38. The largest absolute Gasteiger partial charge is 0.380 e. The van der Waals surface area contributed by atoms with E-state index in [1.807, 2.05) is 6.07 Å². The lowest BCUT2D eigenvalue weighted by atomic mass is 9.68. The van der Waals surface area contributed by atoms with Gasteiger partial charge in [0.15, 0.2) is 0 Å². The van der Waals surface area contributed by atoms with Crippen LogP contribution in [0.5, 0.6) is 0 Å². The molecule has 140 valence electrons. The number of hydrogen-bond acceptors (Lipinski definition) is 1. The Hall–Kier alpha value is -0.890. The Morgan fingerprint density at radius 1 is 0.960 bits per heavy atom. The van der Waals surface area contributed by atoms with E-state index in [9.17, 15) is 4.39 Å².